The molecule has 0 bridgehead atoms. The second-order valence-electron chi connectivity index (χ2n) is 5.43. The zero-order valence-electron chi connectivity index (χ0n) is 12.0. The van der Waals surface area contributed by atoms with E-state index in [2.05, 4.69) is 41.7 Å². The normalized spacial score (nSPS) is 17.6. The third kappa shape index (κ3) is 3.85. The number of benzene rings is 2. The van der Waals surface area contributed by atoms with E-state index < -0.39 is 0 Å². The number of rotatable bonds is 4. The number of hydrogen-bond donors (Lipinski definition) is 1. The van der Waals surface area contributed by atoms with Gasteiger partial charge in [0.05, 0.1) is 6.10 Å². The fourth-order valence-corrected chi connectivity index (χ4v) is 2.86. The predicted octanol–water partition coefficient (Wildman–Crippen LogP) is 4.20. The van der Waals surface area contributed by atoms with Crippen LogP contribution in [0.4, 0.5) is 0 Å². The summed E-state index contributed by atoms with van der Waals surface area (Å²) < 4.78 is 6.42. The summed E-state index contributed by atoms with van der Waals surface area (Å²) in [7, 11) is 0. The maximum absolute atomic E-state index is 6.42. The van der Waals surface area contributed by atoms with Crippen LogP contribution in [0, 0.1) is 0 Å². The van der Waals surface area contributed by atoms with E-state index in [1.54, 1.807) is 0 Å². The molecule has 0 amide bonds. The van der Waals surface area contributed by atoms with Crippen molar-refractivity contribution in [2.75, 3.05) is 13.1 Å². The van der Waals surface area contributed by atoms with Crippen molar-refractivity contribution in [1.29, 1.82) is 0 Å². The molecule has 0 aliphatic carbocycles. The van der Waals surface area contributed by atoms with E-state index in [-0.39, 0.29) is 6.10 Å². The number of ether oxygens (including phenoxy) is 1. The van der Waals surface area contributed by atoms with Crippen LogP contribution < -0.4 is 5.32 Å². The molecule has 0 saturated carbocycles. The Kier molecular flexibility index (Phi) is 4.91. The first-order valence-electron chi connectivity index (χ1n) is 7.49. The van der Waals surface area contributed by atoms with Gasteiger partial charge in [-0.25, -0.2) is 0 Å². The van der Waals surface area contributed by atoms with E-state index in [9.17, 15) is 0 Å². The Morgan fingerprint density at radius 2 is 1.52 bits per heavy atom. The van der Waals surface area contributed by atoms with Crippen molar-refractivity contribution in [1.82, 2.24) is 5.32 Å². The highest BCUT2D eigenvalue weighted by Crippen LogP contribution is 2.30. The Bertz CT molecular complexity index is 549. The van der Waals surface area contributed by atoms with E-state index in [1.807, 2.05) is 18.2 Å². The minimum Gasteiger partial charge on any atom is -0.365 e. The lowest BCUT2D eigenvalue weighted by atomic mass is 10.0. The van der Waals surface area contributed by atoms with Gasteiger partial charge < -0.3 is 10.1 Å². The van der Waals surface area contributed by atoms with Gasteiger partial charge in [0.2, 0.25) is 0 Å². The van der Waals surface area contributed by atoms with E-state index in [0.717, 1.165) is 36.5 Å². The van der Waals surface area contributed by atoms with Crippen molar-refractivity contribution in [3.8, 4) is 0 Å². The molecule has 3 rings (SSSR count). The molecule has 1 atom stereocenters. The van der Waals surface area contributed by atoms with Crippen LogP contribution in [-0.2, 0) is 4.74 Å². The molecule has 1 N–H and O–H groups in total. The smallest absolute Gasteiger partial charge is 0.108 e. The third-order valence-electron chi connectivity index (χ3n) is 3.89. The molecule has 110 valence electrons. The summed E-state index contributed by atoms with van der Waals surface area (Å²) in [6.07, 6.45) is 2.42. The minimum atomic E-state index is -0.0217. The first-order valence-corrected chi connectivity index (χ1v) is 7.87. The van der Waals surface area contributed by atoms with E-state index in [4.69, 9.17) is 16.3 Å². The van der Waals surface area contributed by atoms with Crippen molar-refractivity contribution in [3.05, 3.63) is 70.7 Å². The van der Waals surface area contributed by atoms with E-state index >= 15 is 0 Å². The number of halogens is 1. The van der Waals surface area contributed by atoms with E-state index in [0.29, 0.717) is 6.10 Å². The molecule has 2 aromatic rings. The molecular formula is C18H20ClNO. The predicted molar refractivity (Wildman–Crippen MR) is 86.7 cm³/mol. The quantitative estimate of drug-likeness (QED) is 0.914. The van der Waals surface area contributed by atoms with Crippen molar-refractivity contribution < 1.29 is 4.74 Å². The summed E-state index contributed by atoms with van der Waals surface area (Å²) >= 11 is 6.01. The molecular weight excluding hydrogens is 282 g/mol. The molecule has 1 heterocycles. The number of piperidine rings is 1. The molecule has 3 heteroatoms. The van der Waals surface area contributed by atoms with Gasteiger partial charge in [-0.1, -0.05) is 54.1 Å². The SMILES string of the molecule is Clc1ccc([C@@H](OC2CCNCC2)c2ccccc2)cc1. The largest absolute Gasteiger partial charge is 0.365 e. The zero-order chi connectivity index (χ0) is 14.5. The molecule has 0 radical (unpaired) electrons. The maximum Gasteiger partial charge on any atom is 0.108 e. The Labute approximate surface area is 131 Å². The van der Waals surface area contributed by atoms with Crippen molar-refractivity contribution in [3.63, 3.8) is 0 Å². The molecule has 1 saturated heterocycles. The molecule has 21 heavy (non-hydrogen) atoms. The Morgan fingerprint density at radius 1 is 0.905 bits per heavy atom. The first-order chi connectivity index (χ1) is 10.3. The van der Waals surface area contributed by atoms with Gasteiger partial charge in [0.1, 0.15) is 6.10 Å². The van der Waals surface area contributed by atoms with Crippen LogP contribution in [0.5, 0.6) is 0 Å². The summed E-state index contributed by atoms with van der Waals surface area (Å²) in [6, 6.07) is 18.4. The fraction of sp³-hybridized carbons (Fsp3) is 0.333. The van der Waals surface area contributed by atoms with Gasteiger partial charge in [-0.3, -0.25) is 0 Å². The molecule has 2 aromatic carbocycles. The summed E-state index contributed by atoms with van der Waals surface area (Å²) in [5.74, 6) is 0. The van der Waals surface area contributed by atoms with Crippen LogP contribution in [0.3, 0.4) is 0 Å². The van der Waals surface area contributed by atoms with Gasteiger partial charge in [0, 0.05) is 5.02 Å². The molecule has 1 aliphatic rings. The van der Waals surface area contributed by atoms with Gasteiger partial charge >= 0.3 is 0 Å². The Hall–Kier alpha value is -1.35. The number of hydrogen-bond acceptors (Lipinski definition) is 2. The van der Waals surface area contributed by atoms with Gasteiger partial charge in [-0.05, 0) is 49.2 Å². The van der Waals surface area contributed by atoms with Crippen molar-refractivity contribution >= 4 is 11.6 Å². The van der Waals surface area contributed by atoms with Gasteiger partial charge in [0.25, 0.3) is 0 Å². The molecule has 1 aliphatic heterocycles. The van der Waals surface area contributed by atoms with Crippen LogP contribution in [0.15, 0.2) is 54.6 Å². The monoisotopic (exact) mass is 301 g/mol. The topological polar surface area (TPSA) is 21.3 Å². The molecule has 0 aromatic heterocycles. The average Bonchev–Trinajstić information content (AvgIpc) is 2.55. The van der Waals surface area contributed by atoms with Crippen LogP contribution >= 0.6 is 11.6 Å². The Balaban J connectivity index is 1.85. The summed E-state index contributed by atoms with van der Waals surface area (Å²) in [5, 5.41) is 4.13. The zero-order valence-corrected chi connectivity index (χ0v) is 12.7. The van der Waals surface area contributed by atoms with Crippen molar-refractivity contribution in [2.24, 2.45) is 0 Å². The van der Waals surface area contributed by atoms with Crippen LogP contribution in [0.25, 0.3) is 0 Å². The fourth-order valence-electron chi connectivity index (χ4n) is 2.74. The first kappa shape index (κ1) is 14.6. The standard InChI is InChI=1S/C18H20ClNO/c19-16-8-6-15(7-9-16)18(14-4-2-1-3-5-14)21-17-10-12-20-13-11-17/h1-9,17-18,20H,10-13H2/t18-/m0/s1. The lowest BCUT2D eigenvalue weighted by molar-refractivity contribution is -0.00805. The maximum atomic E-state index is 6.42. The van der Waals surface area contributed by atoms with Crippen molar-refractivity contribution in [2.45, 2.75) is 25.0 Å². The second kappa shape index (κ2) is 7.08. The Morgan fingerprint density at radius 3 is 2.19 bits per heavy atom. The average molecular weight is 302 g/mol. The van der Waals surface area contributed by atoms with Crippen LogP contribution in [-0.4, -0.2) is 19.2 Å². The molecule has 0 spiro atoms. The summed E-state index contributed by atoms with van der Waals surface area (Å²) in [5.41, 5.74) is 2.35. The molecule has 2 nitrogen and oxygen atoms in total. The lowest BCUT2D eigenvalue weighted by Crippen LogP contribution is -2.33. The second-order valence-corrected chi connectivity index (χ2v) is 5.86. The summed E-state index contributed by atoms with van der Waals surface area (Å²) in [4.78, 5) is 0. The highest BCUT2D eigenvalue weighted by molar-refractivity contribution is 6.30. The molecule has 0 unspecified atom stereocenters. The van der Waals surface area contributed by atoms with Crippen LogP contribution in [0.1, 0.15) is 30.1 Å². The summed E-state index contributed by atoms with van der Waals surface area (Å²) in [6.45, 7) is 2.07. The lowest BCUT2D eigenvalue weighted by Gasteiger charge is -2.28. The van der Waals surface area contributed by atoms with Gasteiger partial charge in [-0.15, -0.1) is 0 Å². The van der Waals surface area contributed by atoms with E-state index in [1.165, 1.54) is 5.56 Å². The number of nitrogens with one attached hydrogen (secondary N) is 1. The highest BCUT2D eigenvalue weighted by atomic mass is 35.5. The highest BCUT2D eigenvalue weighted by Gasteiger charge is 2.21. The van der Waals surface area contributed by atoms with Gasteiger partial charge in [0.15, 0.2) is 0 Å². The van der Waals surface area contributed by atoms with Crippen LogP contribution in [0.2, 0.25) is 5.02 Å². The molecule has 1 fully saturated rings. The van der Waals surface area contributed by atoms with Gasteiger partial charge in [-0.2, -0.15) is 0 Å². The third-order valence-corrected chi connectivity index (χ3v) is 4.14. The minimum absolute atomic E-state index is 0.0217.